The minimum atomic E-state index is -4.37. The van der Waals surface area contributed by atoms with Crippen molar-refractivity contribution in [2.24, 2.45) is 23.2 Å². The molecule has 2 aromatic carbocycles. The van der Waals surface area contributed by atoms with Gasteiger partial charge >= 0.3 is 12.2 Å². The molecule has 0 radical (unpaired) electrons. The highest BCUT2D eigenvalue weighted by Gasteiger charge is 2.62. The lowest BCUT2D eigenvalue weighted by Crippen LogP contribution is -2.57. The number of halogens is 3. The molecule has 3 aromatic rings. The summed E-state index contributed by atoms with van der Waals surface area (Å²) in [5.41, 5.74) is -1.21. The van der Waals surface area contributed by atoms with Crippen LogP contribution < -0.4 is 15.4 Å². The summed E-state index contributed by atoms with van der Waals surface area (Å²) in [6.07, 6.45) is -2.90. The Hall–Kier alpha value is -4.93. The quantitative estimate of drug-likeness (QED) is 0.246. The Bertz CT molecular complexity index is 2220. The molecule has 3 heterocycles. The van der Waals surface area contributed by atoms with Crippen LogP contribution in [-0.2, 0) is 29.2 Å². The summed E-state index contributed by atoms with van der Waals surface area (Å²) in [4.78, 5) is 73.1. The summed E-state index contributed by atoms with van der Waals surface area (Å²) >= 11 is 0. The largest absolute Gasteiger partial charge is 0.391 e. The lowest BCUT2D eigenvalue weighted by atomic mass is 9.77. The molecule has 1 aromatic heterocycles. The van der Waals surface area contributed by atoms with E-state index in [-0.39, 0.29) is 51.7 Å². The third kappa shape index (κ3) is 7.93. The van der Waals surface area contributed by atoms with Crippen LogP contribution in [0.15, 0.2) is 61.2 Å². The zero-order chi connectivity index (χ0) is 41.9. The van der Waals surface area contributed by atoms with Crippen LogP contribution in [-0.4, -0.2) is 101 Å². The number of aromatic nitrogens is 1. The van der Waals surface area contributed by atoms with Crippen molar-refractivity contribution in [1.29, 1.82) is 0 Å². The first-order chi connectivity index (χ1) is 27.2. The number of rotatable bonds is 10. The van der Waals surface area contributed by atoms with Crippen molar-refractivity contribution < 1.29 is 45.6 Å². The maximum atomic E-state index is 14.8. The van der Waals surface area contributed by atoms with E-state index in [9.17, 15) is 45.6 Å². The van der Waals surface area contributed by atoms with Crippen molar-refractivity contribution in [1.82, 2.24) is 29.7 Å². The molecule has 0 bridgehead atoms. The molecule has 3 N–H and O–H groups in total. The summed E-state index contributed by atoms with van der Waals surface area (Å²) in [7, 11) is -3.97. The number of benzene rings is 2. The second kappa shape index (κ2) is 15.0. The molecule has 0 spiro atoms. The fourth-order valence-electron chi connectivity index (χ4n) is 8.56. The second-order valence-corrected chi connectivity index (χ2v) is 19.2. The molecular formula is C41H49F3N6O7S. The standard InChI is InChI=1S/C41H49F3N6O7S/c1-5-24-22-40(24,37(54)47-58(56,57)27-14-15-27)46-35(52)33-20-26(45-38(55)50-31-12-8-6-10-28(31)29-11-7-9-13-32(29)50)23-49(33)36(53)30(39(2,3)4)21-34(51)48-18-16-25(17-19-48)41(42,43)44/h5-13,24-27,30,33H,1,14-23H2,2-4H3,(H,45,55)(H,46,52)(H,47,54)/t24?,26-,30-,33+,40-/m1/s1. The van der Waals surface area contributed by atoms with Gasteiger partial charge in [-0.1, -0.05) is 63.2 Å². The Morgan fingerprint density at radius 2 is 1.52 bits per heavy atom. The molecular weight excluding hydrogens is 778 g/mol. The minimum Gasteiger partial charge on any atom is -0.343 e. The highest BCUT2D eigenvalue weighted by atomic mass is 32.2. The van der Waals surface area contributed by atoms with Gasteiger partial charge in [0, 0.05) is 42.7 Å². The zero-order valence-corrected chi connectivity index (χ0v) is 33.5. The first-order valence-electron chi connectivity index (χ1n) is 19.7. The van der Waals surface area contributed by atoms with E-state index in [0.717, 1.165) is 10.8 Å². The van der Waals surface area contributed by atoms with E-state index in [1.807, 2.05) is 48.5 Å². The van der Waals surface area contributed by atoms with Gasteiger partial charge in [0.1, 0.15) is 11.6 Å². The molecule has 58 heavy (non-hydrogen) atoms. The Balaban J connectivity index is 1.16. The van der Waals surface area contributed by atoms with Gasteiger partial charge in [0.15, 0.2) is 0 Å². The van der Waals surface area contributed by atoms with E-state index < -0.39 is 91.9 Å². The number of amides is 5. The van der Waals surface area contributed by atoms with Crippen molar-refractivity contribution in [2.45, 2.75) is 94.8 Å². The summed E-state index contributed by atoms with van der Waals surface area (Å²) in [6, 6.07) is 12.2. The smallest absolute Gasteiger partial charge is 0.343 e. The van der Waals surface area contributed by atoms with Gasteiger partial charge in [0.2, 0.25) is 27.7 Å². The van der Waals surface area contributed by atoms with E-state index in [1.165, 1.54) is 20.4 Å². The first-order valence-corrected chi connectivity index (χ1v) is 21.2. The average Bonchev–Trinajstić information content (AvgIpc) is 4.08. The molecule has 2 saturated carbocycles. The Morgan fingerprint density at radius 1 is 0.931 bits per heavy atom. The maximum Gasteiger partial charge on any atom is 0.391 e. The predicted octanol–water partition coefficient (Wildman–Crippen LogP) is 4.84. The van der Waals surface area contributed by atoms with Crippen molar-refractivity contribution >= 4 is 61.5 Å². The number of sulfonamides is 1. The molecule has 2 aliphatic carbocycles. The normalized spacial score (nSPS) is 24.7. The number of fused-ring (bicyclic) bond motifs is 3. The number of likely N-dealkylation sites (tertiary alicyclic amines) is 2. The number of nitrogens with zero attached hydrogens (tertiary/aromatic N) is 3. The molecule has 5 atom stereocenters. The van der Waals surface area contributed by atoms with Crippen LogP contribution in [0.25, 0.3) is 21.8 Å². The third-order valence-electron chi connectivity index (χ3n) is 12.3. The highest BCUT2D eigenvalue weighted by Crippen LogP contribution is 2.46. The maximum absolute atomic E-state index is 14.8. The number of nitrogens with one attached hydrogen (secondary N) is 3. The number of carbonyl (C=O) groups excluding carboxylic acids is 5. The van der Waals surface area contributed by atoms with Gasteiger partial charge in [-0.2, -0.15) is 13.2 Å². The second-order valence-electron chi connectivity index (χ2n) is 17.3. The Labute approximate surface area is 334 Å². The van der Waals surface area contributed by atoms with Crippen molar-refractivity contribution in [3.05, 3.63) is 61.2 Å². The fourth-order valence-corrected chi connectivity index (χ4v) is 9.92. The molecule has 17 heteroatoms. The molecule has 312 valence electrons. The number of alkyl halides is 3. The number of para-hydroxylation sites is 2. The van der Waals surface area contributed by atoms with E-state index in [2.05, 4.69) is 21.9 Å². The van der Waals surface area contributed by atoms with Gasteiger partial charge in [0.05, 0.1) is 34.2 Å². The molecule has 2 saturated heterocycles. The van der Waals surface area contributed by atoms with Crippen LogP contribution in [0.4, 0.5) is 18.0 Å². The minimum absolute atomic E-state index is 0.0763. The van der Waals surface area contributed by atoms with E-state index >= 15 is 0 Å². The summed E-state index contributed by atoms with van der Waals surface area (Å²) in [5.74, 6) is -5.85. The lowest BCUT2D eigenvalue weighted by molar-refractivity contribution is -0.186. The molecule has 7 rings (SSSR count). The molecule has 4 aliphatic rings. The van der Waals surface area contributed by atoms with Crippen LogP contribution in [0, 0.1) is 23.2 Å². The predicted molar refractivity (Wildman–Crippen MR) is 209 cm³/mol. The Morgan fingerprint density at radius 3 is 2.03 bits per heavy atom. The van der Waals surface area contributed by atoms with E-state index in [1.54, 1.807) is 20.8 Å². The first kappa shape index (κ1) is 41.2. The molecule has 2 aliphatic heterocycles. The van der Waals surface area contributed by atoms with Crippen molar-refractivity contribution in [3.8, 4) is 0 Å². The number of piperidine rings is 1. The summed E-state index contributed by atoms with van der Waals surface area (Å²) < 4.78 is 69.3. The van der Waals surface area contributed by atoms with Crippen LogP contribution in [0.3, 0.4) is 0 Å². The van der Waals surface area contributed by atoms with Gasteiger partial charge in [-0.05, 0) is 56.1 Å². The molecule has 4 fully saturated rings. The SMILES string of the molecule is C=CC1C[C@]1(NC(=O)[C@@H]1C[C@@H](NC(=O)n2c3ccccc3c3ccccc32)CN1C(=O)[C@@H](CC(=O)N1CCC(C(F)(F)F)CC1)C(C)(C)C)C(=O)NS(=O)(=O)C1CC1. The van der Waals surface area contributed by atoms with Gasteiger partial charge in [-0.15, -0.1) is 6.58 Å². The topological polar surface area (TPSA) is 167 Å². The van der Waals surface area contributed by atoms with Crippen LogP contribution >= 0.6 is 0 Å². The zero-order valence-electron chi connectivity index (χ0n) is 32.7. The van der Waals surface area contributed by atoms with Gasteiger partial charge in [-0.3, -0.25) is 28.5 Å². The molecule has 1 unspecified atom stereocenters. The number of hydrogen-bond donors (Lipinski definition) is 3. The third-order valence-corrected chi connectivity index (χ3v) is 14.1. The van der Waals surface area contributed by atoms with Gasteiger partial charge in [-0.25, -0.2) is 13.2 Å². The number of hydrogen-bond acceptors (Lipinski definition) is 7. The number of carbonyl (C=O) groups is 5. The van der Waals surface area contributed by atoms with Gasteiger partial charge in [0.25, 0.3) is 5.91 Å². The highest BCUT2D eigenvalue weighted by molar-refractivity contribution is 7.91. The fraction of sp³-hybridized carbons (Fsp3) is 0.537. The average molecular weight is 827 g/mol. The van der Waals surface area contributed by atoms with Crippen LogP contribution in [0.5, 0.6) is 0 Å². The monoisotopic (exact) mass is 826 g/mol. The van der Waals surface area contributed by atoms with Crippen molar-refractivity contribution in [2.75, 3.05) is 19.6 Å². The molecule has 13 nitrogen and oxygen atoms in total. The van der Waals surface area contributed by atoms with Crippen molar-refractivity contribution in [3.63, 3.8) is 0 Å². The summed E-state index contributed by atoms with van der Waals surface area (Å²) in [5, 5.41) is 6.75. The lowest BCUT2D eigenvalue weighted by Gasteiger charge is -2.37. The molecule has 5 amide bonds. The van der Waals surface area contributed by atoms with Crippen LogP contribution in [0.2, 0.25) is 0 Å². The summed E-state index contributed by atoms with van der Waals surface area (Å²) in [6.45, 7) is 8.66. The van der Waals surface area contributed by atoms with Gasteiger partial charge < -0.3 is 20.4 Å². The van der Waals surface area contributed by atoms with E-state index in [0.29, 0.717) is 23.9 Å². The Kier molecular flexibility index (Phi) is 10.7. The van der Waals surface area contributed by atoms with E-state index in [4.69, 9.17) is 0 Å². The van der Waals surface area contributed by atoms with Crippen LogP contribution in [0.1, 0.15) is 65.7 Å².